The summed E-state index contributed by atoms with van der Waals surface area (Å²) >= 11 is 0. The summed E-state index contributed by atoms with van der Waals surface area (Å²) in [6.07, 6.45) is 12.4. The summed E-state index contributed by atoms with van der Waals surface area (Å²) in [4.78, 5) is 24.8. The lowest BCUT2D eigenvalue weighted by atomic mass is 9.32. The Morgan fingerprint density at radius 1 is 0.909 bits per heavy atom. The van der Waals surface area contributed by atoms with E-state index in [1.165, 1.54) is 38.4 Å². The van der Waals surface area contributed by atoms with Crippen molar-refractivity contribution < 1.29 is 14.7 Å². The van der Waals surface area contributed by atoms with Crippen LogP contribution in [-0.2, 0) is 9.59 Å². The molecule has 0 heterocycles. The van der Waals surface area contributed by atoms with E-state index in [4.69, 9.17) is 0 Å². The summed E-state index contributed by atoms with van der Waals surface area (Å²) in [5, 5.41) is 10.7. The lowest BCUT2D eigenvalue weighted by Gasteiger charge is -2.72. The third-order valence-corrected chi connectivity index (χ3v) is 13.6. The summed E-state index contributed by atoms with van der Waals surface area (Å²) in [7, 11) is 0. The molecule has 3 nitrogen and oxygen atoms in total. The van der Waals surface area contributed by atoms with Gasteiger partial charge >= 0.3 is 0 Å². The maximum Gasteiger partial charge on any atom is 0.138 e. The first kappa shape index (κ1) is 24.0. The average Bonchev–Trinajstić information content (AvgIpc) is 3.17. The summed E-state index contributed by atoms with van der Waals surface area (Å²) in [6.45, 7) is 14.6. The third kappa shape index (κ3) is 2.84. The van der Waals surface area contributed by atoms with Gasteiger partial charge in [0.15, 0.2) is 0 Å². The van der Waals surface area contributed by atoms with Gasteiger partial charge in [-0.05, 0) is 109 Å². The molecule has 5 rings (SSSR count). The second kappa shape index (κ2) is 7.40. The van der Waals surface area contributed by atoms with Crippen LogP contribution in [0.4, 0.5) is 0 Å². The van der Waals surface area contributed by atoms with Gasteiger partial charge in [0, 0.05) is 24.4 Å². The van der Waals surface area contributed by atoms with E-state index < -0.39 is 0 Å². The fourth-order valence-corrected chi connectivity index (χ4v) is 11.6. The molecular formula is C30H48O3. The smallest absolute Gasteiger partial charge is 0.138 e. The molecule has 0 amide bonds. The van der Waals surface area contributed by atoms with Gasteiger partial charge in [-0.3, -0.25) is 4.79 Å². The molecule has 0 aliphatic heterocycles. The lowest BCUT2D eigenvalue weighted by Crippen LogP contribution is -2.66. The molecule has 0 radical (unpaired) electrons. The molecule has 5 aliphatic rings. The Labute approximate surface area is 201 Å². The number of aliphatic hydroxyl groups is 1. The molecular weight excluding hydrogens is 408 g/mol. The van der Waals surface area contributed by atoms with Crippen LogP contribution >= 0.6 is 0 Å². The largest absolute Gasteiger partial charge is 0.396 e. The van der Waals surface area contributed by atoms with Crippen molar-refractivity contribution in [3.8, 4) is 0 Å². The van der Waals surface area contributed by atoms with Crippen LogP contribution in [0.25, 0.3) is 0 Å². The second-order valence-electron chi connectivity index (χ2n) is 14.6. The standard InChI is InChI=1S/C30H48O3/c1-19(17-31)20-9-14-30(18-32)16-15-28(5)21(25(20)30)7-8-23-27(4)12-11-24(33)26(2,3)22(27)10-13-29(23,28)6/h17,19-23,25,32H,7-16,18H2,1-6H3/t19-,20-,21+,22-,23+,25+,27-,28+,29+,30+/m0/s1. The highest BCUT2D eigenvalue weighted by Gasteiger charge is 2.70. The first-order valence-corrected chi connectivity index (χ1v) is 14.0. The van der Waals surface area contributed by atoms with E-state index in [2.05, 4.69) is 41.5 Å². The highest BCUT2D eigenvalue weighted by molar-refractivity contribution is 5.85. The maximum atomic E-state index is 12.9. The van der Waals surface area contributed by atoms with Crippen molar-refractivity contribution in [2.75, 3.05) is 6.61 Å². The van der Waals surface area contributed by atoms with Crippen LogP contribution in [0.5, 0.6) is 0 Å². The van der Waals surface area contributed by atoms with Gasteiger partial charge < -0.3 is 9.90 Å². The summed E-state index contributed by atoms with van der Waals surface area (Å²) in [5.41, 5.74) is 0.617. The number of aldehydes is 1. The van der Waals surface area contributed by atoms with Crippen LogP contribution in [0, 0.1) is 62.6 Å². The summed E-state index contributed by atoms with van der Waals surface area (Å²) in [6, 6.07) is 0. The summed E-state index contributed by atoms with van der Waals surface area (Å²) < 4.78 is 0. The van der Waals surface area contributed by atoms with E-state index in [-0.39, 0.29) is 33.0 Å². The Morgan fingerprint density at radius 3 is 2.30 bits per heavy atom. The first-order valence-electron chi connectivity index (χ1n) is 14.0. The molecule has 5 fully saturated rings. The van der Waals surface area contributed by atoms with E-state index in [1.54, 1.807) is 0 Å². The van der Waals surface area contributed by atoms with Gasteiger partial charge in [0.25, 0.3) is 0 Å². The number of aliphatic hydroxyl groups excluding tert-OH is 1. The molecule has 10 atom stereocenters. The van der Waals surface area contributed by atoms with Crippen molar-refractivity contribution in [2.45, 2.75) is 106 Å². The Balaban J connectivity index is 1.55. The zero-order valence-corrected chi connectivity index (χ0v) is 22.1. The number of Topliss-reactive ketones (excluding diaryl/α,β-unsaturated/α-hetero) is 1. The molecule has 5 saturated carbocycles. The van der Waals surface area contributed by atoms with E-state index in [0.717, 1.165) is 32.1 Å². The molecule has 0 aromatic rings. The van der Waals surface area contributed by atoms with Crippen LogP contribution in [0.15, 0.2) is 0 Å². The minimum atomic E-state index is -0.194. The quantitative estimate of drug-likeness (QED) is 0.496. The number of ketones is 1. The van der Waals surface area contributed by atoms with Gasteiger partial charge in [0.05, 0.1) is 0 Å². The van der Waals surface area contributed by atoms with Crippen molar-refractivity contribution in [3.63, 3.8) is 0 Å². The molecule has 0 saturated heterocycles. The van der Waals surface area contributed by atoms with Crippen molar-refractivity contribution in [1.82, 2.24) is 0 Å². The van der Waals surface area contributed by atoms with Gasteiger partial charge in [-0.15, -0.1) is 0 Å². The van der Waals surface area contributed by atoms with E-state index in [1.807, 2.05) is 0 Å². The molecule has 0 aromatic heterocycles. The zero-order valence-electron chi connectivity index (χ0n) is 22.1. The van der Waals surface area contributed by atoms with Crippen molar-refractivity contribution in [3.05, 3.63) is 0 Å². The minimum absolute atomic E-state index is 0.0374. The molecule has 33 heavy (non-hydrogen) atoms. The molecule has 0 spiro atoms. The highest BCUT2D eigenvalue weighted by Crippen LogP contribution is 2.77. The topological polar surface area (TPSA) is 54.4 Å². The van der Waals surface area contributed by atoms with Gasteiger partial charge in [-0.2, -0.15) is 0 Å². The Morgan fingerprint density at radius 2 is 1.64 bits per heavy atom. The lowest BCUT2D eigenvalue weighted by molar-refractivity contribution is -0.238. The summed E-state index contributed by atoms with van der Waals surface area (Å²) in [5.74, 6) is 3.26. The molecule has 3 heteroatoms. The molecule has 0 unspecified atom stereocenters. The molecule has 0 aromatic carbocycles. The van der Waals surface area contributed by atoms with E-state index >= 15 is 0 Å². The van der Waals surface area contributed by atoms with Crippen molar-refractivity contribution in [1.29, 1.82) is 0 Å². The first-order chi connectivity index (χ1) is 15.4. The Bertz CT molecular complexity index is 832. The van der Waals surface area contributed by atoms with E-state index in [9.17, 15) is 14.7 Å². The Hall–Kier alpha value is -0.700. The van der Waals surface area contributed by atoms with Crippen LogP contribution in [0.1, 0.15) is 106 Å². The Kier molecular flexibility index (Phi) is 5.39. The van der Waals surface area contributed by atoms with Gasteiger partial charge in [0.1, 0.15) is 12.1 Å². The van der Waals surface area contributed by atoms with E-state index in [0.29, 0.717) is 42.0 Å². The van der Waals surface area contributed by atoms with Gasteiger partial charge in [-0.25, -0.2) is 0 Å². The number of carbonyl (C=O) groups is 2. The highest BCUT2D eigenvalue weighted by atomic mass is 16.3. The van der Waals surface area contributed by atoms with Crippen LogP contribution in [0.2, 0.25) is 0 Å². The number of hydrogen-bond acceptors (Lipinski definition) is 3. The minimum Gasteiger partial charge on any atom is -0.396 e. The number of carbonyl (C=O) groups excluding carboxylic acids is 2. The fourth-order valence-electron chi connectivity index (χ4n) is 11.6. The van der Waals surface area contributed by atoms with Crippen LogP contribution < -0.4 is 0 Å². The average molecular weight is 457 g/mol. The number of fused-ring (bicyclic) bond motifs is 7. The monoisotopic (exact) mass is 456 g/mol. The third-order valence-electron chi connectivity index (χ3n) is 13.6. The fraction of sp³-hybridized carbons (Fsp3) is 0.933. The SMILES string of the molecule is C[C@@H](C=O)[C@@H]1CC[C@]2(CO)CC[C@]3(C)[C@H](CC[C@@H]4[C@@]5(C)CCC(=O)C(C)(C)[C@@H]5CC[C@]43C)[C@@H]12. The predicted molar refractivity (Wildman–Crippen MR) is 131 cm³/mol. The van der Waals surface area contributed by atoms with Crippen molar-refractivity contribution in [2.24, 2.45) is 62.6 Å². The molecule has 5 aliphatic carbocycles. The molecule has 0 bridgehead atoms. The number of rotatable bonds is 3. The molecule has 1 N–H and O–H groups in total. The molecule has 186 valence electrons. The van der Waals surface area contributed by atoms with Crippen molar-refractivity contribution >= 4 is 12.1 Å². The second-order valence-corrected chi connectivity index (χ2v) is 14.6. The normalized spacial score (nSPS) is 53.9. The van der Waals surface area contributed by atoms with Crippen LogP contribution in [0.3, 0.4) is 0 Å². The van der Waals surface area contributed by atoms with Gasteiger partial charge in [0.2, 0.25) is 0 Å². The maximum absolute atomic E-state index is 12.9. The predicted octanol–water partition coefficient (Wildman–Crippen LogP) is 6.46. The van der Waals surface area contributed by atoms with Gasteiger partial charge in [-0.1, -0.05) is 41.5 Å². The van der Waals surface area contributed by atoms with Crippen LogP contribution in [-0.4, -0.2) is 23.8 Å². The number of hydrogen-bond donors (Lipinski definition) is 1. The zero-order chi connectivity index (χ0) is 24.0.